The molecule has 1 aliphatic carbocycles. The van der Waals surface area contributed by atoms with E-state index < -0.39 is 4.92 Å². The van der Waals surface area contributed by atoms with E-state index in [1.807, 2.05) is 19.1 Å². The summed E-state index contributed by atoms with van der Waals surface area (Å²) < 4.78 is 11.7. The van der Waals surface area contributed by atoms with Gasteiger partial charge in [-0.1, -0.05) is 32.9 Å². The second-order valence-electron chi connectivity index (χ2n) is 10.2. The Hall–Kier alpha value is -3.70. The lowest BCUT2D eigenvalue weighted by Gasteiger charge is -2.33. The molecule has 4 rings (SSSR count). The molecule has 7 nitrogen and oxygen atoms in total. The van der Waals surface area contributed by atoms with E-state index in [1.165, 1.54) is 10.9 Å². The molecule has 0 saturated carbocycles. The van der Waals surface area contributed by atoms with E-state index in [-0.39, 0.29) is 17.7 Å². The zero-order valence-corrected chi connectivity index (χ0v) is 22.4. The topological polar surface area (TPSA) is 97.8 Å². The molecule has 1 aromatic heterocycles. The Balaban J connectivity index is 1.55. The summed E-state index contributed by atoms with van der Waals surface area (Å²) in [4.78, 5) is 16.9. The van der Waals surface area contributed by atoms with Gasteiger partial charge < -0.3 is 9.47 Å². The standard InChI is InChI=1S/C29H31N3O4S/c1-5-35-26-14-19(10-13-25(26)36-18-20-8-6-7-9-24(20)32(33)34)17-31-28-23(16-30)22-12-11-21(29(2,3)4)15-27(22)37-28/h6-10,13-14,17,21H,5,11-12,15,18H2,1-4H3/t21-/m0/s1. The summed E-state index contributed by atoms with van der Waals surface area (Å²) in [7, 11) is 0. The van der Waals surface area contributed by atoms with Crippen molar-refractivity contribution in [1.82, 2.24) is 0 Å². The second-order valence-corrected chi connectivity index (χ2v) is 11.3. The van der Waals surface area contributed by atoms with Crippen molar-refractivity contribution in [1.29, 1.82) is 5.26 Å². The SMILES string of the molecule is CCOc1cc(C=Nc2sc3c(c2C#N)CC[C@H](C(C)(C)C)C3)ccc1OCc1ccccc1[N+](=O)[O-]. The molecule has 192 valence electrons. The van der Waals surface area contributed by atoms with Crippen molar-refractivity contribution in [2.24, 2.45) is 16.3 Å². The first-order chi connectivity index (χ1) is 17.7. The van der Waals surface area contributed by atoms with Gasteiger partial charge in [0.25, 0.3) is 5.69 Å². The van der Waals surface area contributed by atoms with Crippen LogP contribution in [0.15, 0.2) is 47.5 Å². The van der Waals surface area contributed by atoms with Crippen LogP contribution in [0.25, 0.3) is 0 Å². The number of rotatable bonds is 8. The Morgan fingerprint density at radius 1 is 1.22 bits per heavy atom. The quantitative estimate of drug-likeness (QED) is 0.176. The van der Waals surface area contributed by atoms with Crippen LogP contribution in [0.5, 0.6) is 11.5 Å². The van der Waals surface area contributed by atoms with E-state index in [2.05, 4.69) is 26.8 Å². The van der Waals surface area contributed by atoms with Crippen LogP contribution in [-0.2, 0) is 19.4 Å². The number of ether oxygens (including phenoxy) is 2. The van der Waals surface area contributed by atoms with Crippen molar-refractivity contribution in [2.45, 2.75) is 53.6 Å². The van der Waals surface area contributed by atoms with Gasteiger partial charge in [0, 0.05) is 17.2 Å². The number of nitriles is 1. The normalized spacial score (nSPS) is 15.3. The zero-order chi connectivity index (χ0) is 26.6. The van der Waals surface area contributed by atoms with Gasteiger partial charge in [-0.05, 0) is 72.9 Å². The lowest BCUT2D eigenvalue weighted by Crippen LogP contribution is -2.26. The van der Waals surface area contributed by atoms with Crippen molar-refractivity contribution in [2.75, 3.05) is 6.61 Å². The summed E-state index contributed by atoms with van der Waals surface area (Å²) in [6.45, 7) is 9.22. The summed E-state index contributed by atoms with van der Waals surface area (Å²) in [6.07, 6.45) is 4.75. The van der Waals surface area contributed by atoms with Crippen LogP contribution in [0.1, 0.15) is 61.2 Å². The lowest BCUT2D eigenvalue weighted by molar-refractivity contribution is -0.385. The number of nitro benzene ring substituents is 1. The molecule has 37 heavy (non-hydrogen) atoms. The molecule has 1 atom stereocenters. The van der Waals surface area contributed by atoms with Crippen molar-refractivity contribution >= 4 is 28.2 Å². The summed E-state index contributed by atoms with van der Waals surface area (Å²) in [5, 5.41) is 21.9. The fraction of sp³-hybridized carbons (Fsp3) is 0.379. The maximum absolute atomic E-state index is 11.3. The molecule has 2 aromatic carbocycles. The number of benzene rings is 2. The molecule has 0 saturated heterocycles. The molecule has 1 aliphatic rings. The number of hydrogen-bond donors (Lipinski definition) is 0. The van der Waals surface area contributed by atoms with Gasteiger partial charge in [-0.25, -0.2) is 4.99 Å². The van der Waals surface area contributed by atoms with Gasteiger partial charge >= 0.3 is 0 Å². The minimum absolute atomic E-state index is 0.0185. The van der Waals surface area contributed by atoms with Crippen LogP contribution in [0.3, 0.4) is 0 Å². The van der Waals surface area contributed by atoms with Crippen molar-refractivity contribution in [3.63, 3.8) is 0 Å². The van der Waals surface area contributed by atoms with E-state index in [4.69, 9.17) is 14.5 Å². The van der Waals surface area contributed by atoms with E-state index in [1.54, 1.807) is 41.8 Å². The molecule has 0 radical (unpaired) electrons. The van der Waals surface area contributed by atoms with Crippen LogP contribution >= 0.6 is 11.3 Å². The Kier molecular flexibility index (Phi) is 7.94. The highest BCUT2D eigenvalue weighted by molar-refractivity contribution is 7.16. The first-order valence-electron chi connectivity index (χ1n) is 12.4. The third-order valence-electron chi connectivity index (χ3n) is 6.75. The molecule has 0 N–H and O–H groups in total. The number of fused-ring (bicyclic) bond motifs is 1. The Labute approximate surface area is 221 Å². The fourth-order valence-electron chi connectivity index (χ4n) is 4.61. The fourth-order valence-corrected chi connectivity index (χ4v) is 5.83. The predicted molar refractivity (Wildman–Crippen MR) is 146 cm³/mol. The number of hydrogen-bond acceptors (Lipinski definition) is 7. The largest absolute Gasteiger partial charge is 0.490 e. The van der Waals surface area contributed by atoms with E-state index in [0.29, 0.717) is 35.2 Å². The third kappa shape index (κ3) is 6.00. The zero-order valence-electron chi connectivity index (χ0n) is 21.6. The van der Waals surface area contributed by atoms with Crippen molar-refractivity contribution in [3.05, 3.63) is 79.7 Å². The van der Waals surface area contributed by atoms with E-state index in [9.17, 15) is 15.4 Å². The molecule has 0 fully saturated rings. The highest BCUT2D eigenvalue weighted by atomic mass is 32.1. The monoisotopic (exact) mass is 517 g/mol. The van der Waals surface area contributed by atoms with Crippen molar-refractivity contribution < 1.29 is 14.4 Å². The van der Waals surface area contributed by atoms with E-state index >= 15 is 0 Å². The van der Waals surface area contributed by atoms with Crippen LogP contribution in [-0.4, -0.2) is 17.7 Å². The number of thiophene rings is 1. The first-order valence-corrected chi connectivity index (χ1v) is 13.2. The van der Waals surface area contributed by atoms with Gasteiger partial charge in [0.05, 0.1) is 22.7 Å². The predicted octanol–water partition coefficient (Wildman–Crippen LogP) is 7.41. The lowest BCUT2D eigenvalue weighted by atomic mass is 9.72. The summed E-state index contributed by atoms with van der Waals surface area (Å²) in [5.41, 5.74) is 3.41. The molecule has 0 spiro atoms. The second kappa shape index (κ2) is 11.1. The van der Waals surface area contributed by atoms with Gasteiger partial charge in [0.1, 0.15) is 17.7 Å². The maximum atomic E-state index is 11.3. The third-order valence-corrected chi connectivity index (χ3v) is 7.92. The number of aliphatic imine (C=N–C) groups is 1. The summed E-state index contributed by atoms with van der Waals surface area (Å²) >= 11 is 1.62. The minimum atomic E-state index is -0.414. The average molecular weight is 518 g/mol. The molecule has 3 aromatic rings. The van der Waals surface area contributed by atoms with Crippen molar-refractivity contribution in [3.8, 4) is 17.6 Å². The van der Waals surface area contributed by atoms with Gasteiger partial charge in [-0.3, -0.25) is 10.1 Å². The Morgan fingerprint density at radius 3 is 2.70 bits per heavy atom. The van der Waals surface area contributed by atoms with Crippen LogP contribution in [0.4, 0.5) is 10.7 Å². The van der Waals surface area contributed by atoms with Gasteiger partial charge in [-0.2, -0.15) is 5.26 Å². The van der Waals surface area contributed by atoms with Gasteiger partial charge in [0.2, 0.25) is 0 Å². The molecule has 0 aliphatic heterocycles. The summed E-state index contributed by atoms with van der Waals surface area (Å²) in [5.74, 6) is 1.62. The van der Waals surface area contributed by atoms with Gasteiger partial charge in [0.15, 0.2) is 11.5 Å². The smallest absolute Gasteiger partial charge is 0.276 e. The minimum Gasteiger partial charge on any atom is -0.490 e. The Morgan fingerprint density at radius 2 is 2.00 bits per heavy atom. The molecular weight excluding hydrogens is 486 g/mol. The highest BCUT2D eigenvalue weighted by Crippen LogP contribution is 2.45. The van der Waals surface area contributed by atoms with E-state index in [0.717, 1.165) is 35.4 Å². The Bertz CT molecular complexity index is 1360. The maximum Gasteiger partial charge on any atom is 0.276 e. The van der Waals surface area contributed by atoms with Crippen LogP contribution < -0.4 is 9.47 Å². The number of nitrogens with zero attached hydrogens (tertiary/aromatic N) is 3. The van der Waals surface area contributed by atoms with Crippen LogP contribution in [0, 0.1) is 32.8 Å². The molecular formula is C29H31N3O4S. The highest BCUT2D eigenvalue weighted by Gasteiger charge is 2.32. The molecule has 0 amide bonds. The number of para-hydroxylation sites is 1. The van der Waals surface area contributed by atoms with Crippen LogP contribution in [0.2, 0.25) is 0 Å². The molecule has 0 bridgehead atoms. The average Bonchev–Trinajstić information content (AvgIpc) is 3.23. The molecule has 1 heterocycles. The number of nitro groups is 1. The van der Waals surface area contributed by atoms with Gasteiger partial charge in [-0.15, -0.1) is 11.3 Å². The summed E-state index contributed by atoms with van der Waals surface area (Å²) in [6, 6.07) is 14.4. The first kappa shape index (κ1) is 26.4. The molecule has 8 heteroatoms. The molecule has 0 unspecified atom stereocenters.